The molecule has 1 amide bonds. The number of carbonyl (C=O) groups excluding carboxylic acids is 2. The molecule has 0 aromatic heterocycles. The number of hydrogen-bond donors (Lipinski definition) is 3. The zero-order valence-electron chi connectivity index (χ0n) is 12.5. The molecule has 2 rings (SSSR count). The van der Waals surface area contributed by atoms with Gasteiger partial charge in [0.1, 0.15) is 0 Å². The van der Waals surface area contributed by atoms with Crippen LogP contribution in [0.5, 0.6) is 0 Å². The summed E-state index contributed by atoms with van der Waals surface area (Å²) in [6, 6.07) is 11.8. The fourth-order valence-electron chi connectivity index (χ4n) is 1.94. The lowest BCUT2D eigenvalue weighted by atomic mass is 10.2. The van der Waals surface area contributed by atoms with E-state index in [9.17, 15) is 9.59 Å². The van der Waals surface area contributed by atoms with Crippen LogP contribution in [0.3, 0.4) is 0 Å². The smallest absolute Gasteiger partial charge is 0.338 e. The van der Waals surface area contributed by atoms with Crippen molar-refractivity contribution in [2.45, 2.75) is 4.90 Å². The van der Waals surface area contributed by atoms with Crippen LogP contribution in [0.25, 0.3) is 0 Å². The number of thioether (sulfide) groups is 1. The van der Waals surface area contributed by atoms with Gasteiger partial charge >= 0.3 is 5.97 Å². The van der Waals surface area contributed by atoms with Crippen LogP contribution >= 0.6 is 11.8 Å². The van der Waals surface area contributed by atoms with Gasteiger partial charge in [0.25, 0.3) is 5.91 Å². The number of nitrogens with two attached hydrogens (primary N) is 2. The van der Waals surface area contributed by atoms with E-state index in [0.29, 0.717) is 17.1 Å². The monoisotopic (exact) mass is 331 g/mol. The Morgan fingerprint density at radius 3 is 2.43 bits per heavy atom. The molecule has 0 fully saturated rings. The van der Waals surface area contributed by atoms with Gasteiger partial charge in [-0.2, -0.15) is 0 Å². The molecule has 120 valence electrons. The van der Waals surface area contributed by atoms with E-state index in [1.807, 2.05) is 24.5 Å². The number of amides is 1. The van der Waals surface area contributed by atoms with Gasteiger partial charge in [-0.1, -0.05) is 12.1 Å². The minimum Gasteiger partial charge on any atom is -0.452 e. The lowest BCUT2D eigenvalue weighted by Gasteiger charge is -2.10. The Bertz CT molecular complexity index is 714. The van der Waals surface area contributed by atoms with Gasteiger partial charge in [-0.15, -0.1) is 11.8 Å². The molecule has 0 saturated heterocycles. The maximum atomic E-state index is 11.9. The second-order valence-electron chi connectivity index (χ2n) is 4.71. The highest BCUT2D eigenvalue weighted by Crippen LogP contribution is 2.24. The van der Waals surface area contributed by atoms with Gasteiger partial charge in [0.15, 0.2) is 6.61 Å². The minimum absolute atomic E-state index is 0.208. The second-order valence-corrected chi connectivity index (χ2v) is 5.56. The number of hydrogen-bond acceptors (Lipinski definition) is 6. The van der Waals surface area contributed by atoms with Crippen molar-refractivity contribution in [3.63, 3.8) is 0 Å². The van der Waals surface area contributed by atoms with E-state index in [2.05, 4.69) is 5.32 Å². The fraction of sp³-hybridized carbons (Fsp3) is 0.125. The molecule has 7 heteroatoms. The van der Waals surface area contributed by atoms with Crippen LogP contribution in [-0.2, 0) is 9.53 Å². The quantitative estimate of drug-likeness (QED) is 0.441. The number of para-hydroxylation sites is 1. The summed E-state index contributed by atoms with van der Waals surface area (Å²) in [5.74, 6) is -1.07. The van der Waals surface area contributed by atoms with Crippen molar-refractivity contribution in [3.8, 4) is 0 Å². The molecule has 23 heavy (non-hydrogen) atoms. The fourth-order valence-corrected chi connectivity index (χ4v) is 2.50. The third-order valence-electron chi connectivity index (χ3n) is 2.93. The van der Waals surface area contributed by atoms with Crippen LogP contribution in [0, 0.1) is 0 Å². The van der Waals surface area contributed by atoms with Crippen molar-refractivity contribution in [3.05, 3.63) is 48.0 Å². The van der Waals surface area contributed by atoms with Gasteiger partial charge in [0.2, 0.25) is 0 Å². The Morgan fingerprint density at radius 2 is 1.78 bits per heavy atom. The van der Waals surface area contributed by atoms with Crippen molar-refractivity contribution >= 4 is 40.7 Å². The summed E-state index contributed by atoms with van der Waals surface area (Å²) in [7, 11) is 0. The van der Waals surface area contributed by atoms with Crippen molar-refractivity contribution in [1.82, 2.24) is 0 Å². The Labute approximate surface area is 138 Å². The van der Waals surface area contributed by atoms with Crippen molar-refractivity contribution < 1.29 is 14.3 Å². The number of nitrogen functional groups attached to an aromatic ring is 2. The van der Waals surface area contributed by atoms with E-state index < -0.39 is 18.5 Å². The Kier molecular flexibility index (Phi) is 5.48. The first kappa shape index (κ1) is 16.7. The van der Waals surface area contributed by atoms with Crippen LogP contribution in [0.2, 0.25) is 0 Å². The number of esters is 1. The Morgan fingerprint density at radius 1 is 1.13 bits per heavy atom. The molecule has 0 radical (unpaired) electrons. The normalized spacial score (nSPS) is 10.1. The highest BCUT2D eigenvalue weighted by Gasteiger charge is 2.12. The highest BCUT2D eigenvalue weighted by molar-refractivity contribution is 7.98. The third kappa shape index (κ3) is 4.65. The number of ether oxygens (including phenoxy) is 1. The number of benzene rings is 2. The summed E-state index contributed by atoms with van der Waals surface area (Å²) in [4.78, 5) is 24.7. The van der Waals surface area contributed by atoms with E-state index in [1.54, 1.807) is 6.07 Å². The van der Waals surface area contributed by atoms with Gasteiger partial charge in [0, 0.05) is 16.3 Å². The molecule has 0 aliphatic rings. The molecule has 0 atom stereocenters. The molecule has 6 nitrogen and oxygen atoms in total. The average molecular weight is 331 g/mol. The molecule has 5 N–H and O–H groups in total. The van der Waals surface area contributed by atoms with Crippen LogP contribution in [-0.4, -0.2) is 24.7 Å². The van der Waals surface area contributed by atoms with Crippen LogP contribution in [0.4, 0.5) is 17.1 Å². The summed E-state index contributed by atoms with van der Waals surface area (Å²) in [5.41, 5.74) is 12.8. The Hall–Kier alpha value is -2.67. The summed E-state index contributed by atoms with van der Waals surface area (Å²) in [5, 5.41) is 2.70. The van der Waals surface area contributed by atoms with Crippen LogP contribution in [0.1, 0.15) is 10.4 Å². The highest BCUT2D eigenvalue weighted by atomic mass is 32.2. The minimum atomic E-state index is -0.655. The molecule has 0 spiro atoms. The molecule has 0 saturated carbocycles. The predicted molar refractivity (Wildman–Crippen MR) is 92.4 cm³/mol. The standard InChI is InChI=1S/C16H17N3O3S/c1-23-14-5-3-2-4-13(14)19-15(20)9-22-16(21)10-6-11(17)8-12(18)7-10/h2-8H,9,17-18H2,1H3,(H,19,20). The van der Waals surface area contributed by atoms with Gasteiger partial charge in [-0.3, -0.25) is 4.79 Å². The molecule has 0 aliphatic carbocycles. The molecular weight excluding hydrogens is 314 g/mol. The lowest BCUT2D eigenvalue weighted by molar-refractivity contribution is -0.119. The van der Waals surface area contributed by atoms with E-state index in [0.717, 1.165) is 4.90 Å². The number of nitrogens with one attached hydrogen (secondary N) is 1. The maximum absolute atomic E-state index is 11.9. The van der Waals surface area contributed by atoms with E-state index in [1.165, 1.54) is 30.0 Å². The third-order valence-corrected chi connectivity index (χ3v) is 3.72. The first-order chi connectivity index (χ1) is 11.0. The summed E-state index contributed by atoms with van der Waals surface area (Å²) in [6.45, 7) is -0.393. The Balaban J connectivity index is 1.95. The van der Waals surface area contributed by atoms with E-state index >= 15 is 0 Å². The largest absolute Gasteiger partial charge is 0.452 e. The van der Waals surface area contributed by atoms with E-state index in [-0.39, 0.29) is 5.56 Å². The van der Waals surface area contributed by atoms with Crippen LogP contribution < -0.4 is 16.8 Å². The van der Waals surface area contributed by atoms with Crippen molar-refractivity contribution in [2.75, 3.05) is 29.6 Å². The van der Waals surface area contributed by atoms with Crippen LogP contribution in [0.15, 0.2) is 47.4 Å². The topological polar surface area (TPSA) is 107 Å². The summed E-state index contributed by atoms with van der Waals surface area (Å²) in [6.07, 6.45) is 1.91. The zero-order valence-corrected chi connectivity index (χ0v) is 13.4. The number of anilines is 3. The summed E-state index contributed by atoms with van der Waals surface area (Å²) >= 11 is 1.51. The molecule has 0 unspecified atom stereocenters. The van der Waals surface area contributed by atoms with E-state index in [4.69, 9.17) is 16.2 Å². The second kappa shape index (κ2) is 7.55. The lowest BCUT2D eigenvalue weighted by Crippen LogP contribution is -2.21. The molecule has 2 aromatic carbocycles. The zero-order chi connectivity index (χ0) is 16.8. The number of rotatable bonds is 5. The van der Waals surface area contributed by atoms with Gasteiger partial charge < -0.3 is 21.5 Å². The first-order valence-corrected chi connectivity index (χ1v) is 7.98. The van der Waals surface area contributed by atoms with Gasteiger partial charge in [-0.25, -0.2) is 4.79 Å². The molecule has 0 aliphatic heterocycles. The SMILES string of the molecule is CSc1ccccc1NC(=O)COC(=O)c1cc(N)cc(N)c1. The number of carbonyl (C=O) groups is 2. The van der Waals surface area contributed by atoms with Gasteiger partial charge in [0.05, 0.1) is 11.3 Å². The predicted octanol–water partition coefficient (Wildman–Crippen LogP) is 2.37. The molecular formula is C16H17N3O3S. The molecule has 2 aromatic rings. The molecule has 0 bridgehead atoms. The first-order valence-electron chi connectivity index (χ1n) is 6.75. The maximum Gasteiger partial charge on any atom is 0.338 e. The van der Waals surface area contributed by atoms with Gasteiger partial charge in [-0.05, 0) is 36.6 Å². The average Bonchev–Trinajstić information content (AvgIpc) is 2.52. The molecule has 0 heterocycles. The van der Waals surface area contributed by atoms with Crippen molar-refractivity contribution in [1.29, 1.82) is 0 Å². The van der Waals surface area contributed by atoms with Crippen molar-refractivity contribution in [2.24, 2.45) is 0 Å². The summed E-state index contributed by atoms with van der Waals surface area (Å²) < 4.78 is 4.98.